The molecule has 1 heteroatoms. The fourth-order valence-electron chi connectivity index (χ4n) is 2.58. The molecule has 12 heavy (non-hydrogen) atoms. The Morgan fingerprint density at radius 1 is 1.25 bits per heavy atom. The molecule has 2 aliphatic rings. The van der Waals surface area contributed by atoms with Crippen LogP contribution in [0.2, 0.25) is 0 Å². The average Bonchev–Trinajstić information content (AvgIpc) is 2.62. The first-order valence-electron chi connectivity index (χ1n) is 4.80. The minimum atomic E-state index is 0.836. The Kier molecular flexibility index (Phi) is 1.23. The van der Waals surface area contributed by atoms with E-state index in [1.54, 1.807) is 5.56 Å². The molecule has 2 aliphatic heterocycles. The third-order valence-corrected chi connectivity index (χ3v) is 3.13. The van der Waals surface area contributed by atoms with Crippen molar-refractivity contribution < 1.29 is 0 Å². The molecular weight excluding hydrogens is 146 g/mol. The zero-order chi connectivity index (χ0) is 7.97. The Balaban J connectivity index is 2.09. The molecule has 0 N–H and O–H groups in total. The van der Waals surface area contributed by atoms with Crippen molar-refractivity contribution in [1.29, 1.82) is 0 Å². The number of benzene rings is 1. The Morgan fingerprint density at radius 3 is 3.17 bits per heavy atom. The highest BCUT2D eigenvalue weighted by molar-refractivity contribution is 5.60. The van der Waals surface area contributed by atoms with Gasteiger partial charge in [0.25, 0.3) is 0 Å². The highest BCUT2D eigenvalue weighted by atomic mass is 15.2. The SMILES string of the molecule is c1ccc2c(c1)CC1CCCN21. The summed E-state index contributed by atoms with van der Waals surface area (Å²) in [5, 5.41) is 0. The van der Waals surface area contributed by atoms with E-state index < -0.39 is 0 Å². The molecule has 2 heterocycles. The molecule has 0 aromatic heterocycles. The van der Waals surface area contributed by atoms with Crippen LogP contribution in [-0.4, -0.2) is 12.6 Å². The summed E-state index contributed by atoms with van der Waals surface area (Å²) in [6, 6.07) is 9.68. The number of rotatable bonds is 0. The first kappa shape index (κ1) is 6.53. The molecule has 1 aromatic rings. The standard InChI is InChI=1S/C11H13N/c1-2-6-11-9(4-1)8-10-5-3-7-12(10)11/h1-2,4,6,10H,3,5,7-8H2. The first-order chi connectivity index (χ1) is 5.95. The molecule has 0 amide bonds. The maximum Gasteiger partial charge on any atom is 0.0402 e. The number of hydrogen-bond donors (Lipinski definition) is 0. The van der Waals surface area contributed by atoms with Gasteiger partial charge in [-0.2, -0.15) is 0 Å². The normalized spacial score (nSPS) is 25.7. The zero-order valence-electron chi connectivity index (χ0n) is 7.16. The van der Waals surface area contributed by atoms with E-state index >= 15 is 0 Å². The van der Waals surface area contributed by atoms with Crippen molar-refractivity contribution in [3.05, 3.63) is 29.8 Å². The number of hydrogen-bond acceptors (Lipinski definition) is 1. The molecule has 1 fully saturated rings. The van der Waals surface area contributed by atoms with Crippen LogP contribution in [0.5, 0.6) is 0 Å². The predicted molar refractivity (Wildman–Crippen MR) is 50.5 cm³/mol. The molecule has 62 valence electrons. The molecule has 0 radical (unpaired) electrons. The molecule has 0 saturated carbocycles. The Labute approximate surface area is 73.0 Å². The summed E-state index contributed by atoms with van der Waals surface area (Å²) in [6.45, 7) is 1.28. The van der Waals surface area contributed by atoms with E-state index in [1.165, 1.54) is 31.5 Å². The van der Waals surface area contributed by atoms with Gasteiger partial charge in [0.1, 0.15) is 0 Å². The van der Waals surface area contributed by atoms with Gasteiger partial charge >= 0.3 is 0 Å². The molecule has 1 unspecified atom stereocenters. The van der Waals surface area contributed by atoms with Crippen LogP contribution in [0.25, 0.3) is 0 Å². The highest BCUT2D eigenvalue weighted by Gasteiger charge is 2.31. The molecule has 1 nitrogen and oxygen atoms in total. The first-order valence-corrected chi connectivity index (χ1v) is 4.80. The zero-order valence-corrected chi connectivity index (χ0v) is 7.16. The maximum atomic E-state index is 2.58. The van der Waals surface area contributed by atoms with Crippen LogP contribution in [-0.2, 0) is 6.42 Å². The molecule has 1 aromatic carbocycles. The van der Waals surface area contributed by atoms with E-state index in [0.717, 1.165) is 6.04 Å². The fourth-order valence-corrected chi connectivity index (χ4v) is 2.58. The van der Waals surface area contributed by atoms with Crippen molar-refractivity contribution in [2.75, 3.05) is 11.4 Å². The summed E-state index contributed by atoms with van der Waals surface area (Å²) in [4.78, 5) is 2.58. The highest BCUT2D eigenvalue weighted by Crippen LogP contribution is 2.37. The van der Waals surface area contributed by atoms with E-state index in [9.17, 15) is 0 Å². The second kappa shape index (κ2) is 2.25. The predicted octanol–water partition coefficient (Wildman–Crippen LogP) is 2.21. The van der Waals surface area contributed by atoms with Crippen LogP contribution in [0.15, 0.2) is 24.3 Å². The summed E-state index contributed by atoms with van der Waals surface area (Å²) in [5.41, 5.74) is 3.06. The van der Waals surface area contributed by atoms with Gasteiger partial charge in [-0.3, -0.25) is 0 Å². The lowest BCUT2D eigenvalue weighted by atomic mass is 10.1. The quantitative estimate of drug-likeness (QED) is 0.561. The van der Waals surface area contributed by atoms with Crippen LogP contribution in [0.1, 0.15) is 18.4 Å². The molecule has 3 rings (SSSR count). The average molecular weight is 159 g/mol. The molecule has 0 bridgehead atoms. The smallest absolute Gasteiger partial charge is 0.0402 e. The van der Waals surface area contributed by atoms with Gasteiger partial charge in [0.2, 0.25) is 0 Å². The van der Waals surface area contributed by atoms with Crippen molar-refractivity contribution in [3.8, 4) is 0 Å². The topological polar surface area (TPSA) is 3.24 Å². The number of nitrogens with zero attached hydrogens (tertiary/aromatic N) is 1. The fraction of sp³-hybridized carbons (Fsp3) is 0.455. The minimum absolute atomic E-state index is 0.836. The van der Waals surface area contributed by atoms with Crippen LogP contribution < -0.4 is 4.90 Å². The van der Waals surface area contributed by atoms with E-state index in [2.05, 4.69) is 29.2 Å². The Morgan fingerprint density at radius 2 is 2.17 bits per heavy atom. The van der Waals surface area contributed by atoms with Crippen molar-refractivity contribution in [2.24, 2.45) is 0 Å². The van der Waals surface area contributed by atoms with Gasteiger partial charge in [0.15, 0.2) is 0 Å². The third-order valence-electron chi connectivity index (χ3n) is 3.13. The van der Waals surface area contributed by atoms with Crippen LogP contribution in [0.4, 0.5) is 5.69 Å². The number of fused-ring (bicyclic) bond motifs is 3. The second-order valence-electron chi connectivity index (χ2n) is 3.82. The van der Waals surface area contributed by atoms with E-state index in [4.69, 9.17) is 0 Å². The third kappa shape index (κ3) is 0.739. The summed E-state index contributed by atoms with van der Waals surface area (Å²) >= 11 is 0. The van der Waals surface area contributed by atoms with E-state index in [-0.39, 0.29) is 0 Å². The Bertz CT molecular complexity index is 306. The van der Waals surface area contributed by atoms with Gasteiger partial charge < -0.3 is 4.90 Å². The van der Waals surface area contributed by atoms with Crippen LogP contribution in [0.3, 0.4) is 0 Å². The number of anilines is 1. The van der Waals surface area contributed by atoms with Gasteiger partial charge in [-0.25, -0.2) is 0 Å². The van der Waals surface area contributed by atoms with Gasteiger partial charge in [-0.1, -0.05) is 18.2 Å². The molecule has 0 spiro atoms. The van der Waals surface area contributed by atoms with Gasteiger partial charge in [0, 0.05) is 18.3 Å². The lowest BCUT2D eigenvalue weighted by Gasteiger charge is -2.17. The summed E-state index contributed by atoms with van der Waals surface area (Å²) in [5.74, 6) is 0. The van der Waals surface area contributed by atoms with Crippen LogP contribution in [0, 0.1) is 0 Å². The minimum Gasteiger partial charge on any atom is -0.368 e. The van der Waals surface area contributed by atoms with Crippen LogP contribution >= 0.6 is 0 Å². The second-order valence-corrected chi connectivity index (χ2v) is 3.82. The molecule has 0 aliphatic carbocycles. The largest absolute Gasteiger partial charge is 0.368 e. The summed E-state index contributed by atoms with van der Waals surface area (Å²) < 4.78 is 0. The van der Waals surface area contributed by atoms with Crippen molar-refractivity contribution in [2.45, 2.75) is 25.3 Å². The van der Waals surface area contributed by atoms with Gasteiger partial charge in [-0.15, -0.1) is 0 Å². The molecule has 1 saturated heterocycles. The van der Waals surface area contributed by atoms with Crippen molar-refractivity contribution in [3.63, 3.8) is 0 Å². The summed E-state index contributed by atoms with van der Waals surface area (Å²) in [6.07, 6.45) is 4.07. The van der Waals surface area contributed by atoms with E-state index in [0.29, 0.717) is 0 Å². The van der Waals surface area contributed by atoms with Crippen molar-refractivity contribution >= 4 is 5.69 Å². The lowest BCUT2D eigenvalue weighted by molar-refractivity contribution is 0.703. The monoisotopic (exact) mass is 159 g/mol. The van der Waals surface area contributed by atoms with Crippen molar-refractivity contribution in [1.82, 2.24) is 0 Å². The number of para-hydroxylation sites is 1. The summed E-state index contributed by atoms with van der Waals surface area (Å²) in [7, 11) is 0. The Hall–Kier alpha value is -0.980. The maximum absolute atomic E-state index is 2.58. The molecule has 1 atom stereocenters. The lowest BCUT2D eigenvalue weighted by Crippen LogP contribution is -2.24. The molecular formula is C11H13N. The van der Waals surface area contributed by atoms with E-state index in [1.807, 2.05) is 0 Å². The van der Waals surface area contributed by atoms with Gasteiger partial charge in [0.05, 0.1) is 0 Å². The van der Waals surface area contributed by atoms with Gasteiger partial charge in [-0.05, 0) is 30.9 Å².